The van der Waals surface area contributed by atoms with Crippen LogP contribution in [0.4, 0.5) is 0 Å². The summed E-state index contributed by atoms with van der Waals surface area (Å²) in [6, 6.07) is 46.3. The molecular weight excluding hydrogens is 993 g/mol. The summed E-state index contributed by atoms with van der Waals surface area (Å²) in [6.07, 6.45) is 0. The van der Waals surface area contributed by atoms with Crippen molar-refractivity contribution in [1.29, 1.82) is 0 Å². The minimum atomic E-state index is -5.00. The fourth-order valence-electron chi connectivity index (χ4n) is 7.04. The van der Waals surface area contributed by atoms with Crippen molar-refractivity contribution in [3.05, 3.63) is 204 Å². The number of methoxy groups -OCH3 is 1. The van der Waals surface area contributed by atoms with E-state index in [0.717, 1.165) is 34.9 Å². The highest BCUT2D eigenvalue weighted by Gasteiger charge is 2.26. The van der Waals surface area contributed by atoms with E-state index in [1.54, 1.807) is 128 Å². The van der Waals surface area contributed by atoms with Gasteiger partial charge in [-0.15, -0.1) is 4.33 Å². The third-order valence-electron chi connectivity index (χ3n) is 10.8. The molecule has 0 radical (unpaired) electrons. The number of hydrogen-bond acceptors (Lipinski definition) is 15. The molecule has 8 aromatic carbocycles. The van der Waals surface area contributed by atoms with Gasteiger partial charge in [-0.25, -0.2) is 22.1 Å². The lowest BCUT2D eigenvalue weighted by Crippen LogP contribution is -2.07. The zero-order valence-corrected chi connectivity index (χ0v) is 40.6. The van der Waals surface area contributed by atoms with Crippen molar-refractivity contribution in [3.8, 4) is 45.6 Å². The molecule has 0 amide bonds. The second kappa shape index (κ2) is 21.3. The summed E-state index contributed by atoms with van der Waals surface area (Å²) in [7, 11) is -11.6. The SMILES string of the molecule is COc1ccc(-c2ccc(Oc3ccc(S(=O)(=O)c4ccc(COc5ccc(C(=O)c6ccc(Oc7ccc(S(=O)(=O)c8ccc(C)cc8)cc7)cc6)cc5)c(SOOO)c4)cc3S(=O)(=O)O)cc2)cc1. The van der Waals surface area contributed by atoms with Crippen LogP contribution in [0.2, 0.25) is 0 Å². The first kappa shape index (κ1) is 50.1. The van der Waals surface area contributed by atoms with Crippen molar-refractivity contribution in [1.82, 2.24) is 0 Å². The molecule has 0 aliphatic heterocycles. The van der Waals surface area contributed by atoms with Crippen molar-refractivity contribution in [2.24, 2.45) is 0 Å². The zero-order chi connectivity index (χ0) is 50.3. The molecule has 8 aromatic rings. The maximum Gasteiger partial charge on any atom is 0.298 e. The Morgan fingerprint density at radius 3 is 1.52 bits per heavy atom. The molecule has 0 saturated carbocycles. The maximum atomic E-state index is 13.9. The summed E-state index contributed by atoms with van der Waals surface area (Å²) in [5.41, 5.74) is 3.78. The van der Waals surface area contributed by atoms with Crippen LogP contribution in [0.25, 0.3) is 11.1 Å². The zero-order valence-electron chi connectivity index (χ0n) is 37.4. The third kappa shape index (κ3) is 11.8. The number of ether oxygens (including phenoxy) is 4. The molecule has 15 nitrogen and oxygen atoms in total. The van der Waals surface area contributed by atoms with Crippen LogP contribution < -0.4 is 18.9 Å². The number of sulfone groups is 2. The van der Waals surface area contributed by atoms with Gasteiger partial charge in [0, 0.05) is 21.6 Å². The second-order valence-electron chi connectivity index (χ2n) is 15.5. The number of rotatable bonds is 19. The Hall–Kier alpha value is -7.33. The van der Waals surface area contributed by atoms with Gasteiger partial charge < -0.3 is 18.9 Å². The van der Waals surface area contributed by atoms with Crippen LogP contribution in [0.15, 0.2) is 211 Å². The minimum Gasteiger partial charge on any atom is -0.497 e. The van der Waals surface area contributed by atoms with Crippen LogP contribution in [-0.2, 0) is 45.8 Å². The molecule has 2 N–H and O–H groups in total. The molecule has 8 rings (SSSR count). The molecule has 0 unspecified atom stereocenters. The summed E-state index contributed by atoms with van der Waals surface area (Å²) in [5, 5.41) is 12.7. The van der Waals surface area contributed by atoms with Gasteiger partial charge in [-0.1, -0.05) is 53.1 Å². The molecule has 0 aromatic heterocycles. The monoisotopic (exact) mass is 1030 g/mol. The number of ketones is 1. The van der Waals surface area contributed by atoms with Gasteiger partial charge in [-0.2, -0.15) is 8.42 Å². The largest absolute Gasteiger partial charge is 0.497 e. The highest BCUT2D eigenvalue weighted by atomic mass is 32.2. The van der Waals surface area contributed by atoms with Gasteiger partial charge in [0.15, 0.2) is 5.78 Å². The molecule has 0 fully saturated rings. The van der Waals surface area contributed by atoms with Crippen LogP contribution in [0.3, 0.4) is 0 Å². The molecule has 19 heteroatoms. The Labute approximate surface area is 413 Å². The minimum absolute atomic E-state index is 0.124. The van der Waals surface area contributed by atoms with Crippen molar-refractivity contribution in [2.75, 3.05) is 7.11 Å². The molecule has 0 aliphatic carbocycles. The second-order valence-corrected chi connectivity index (χ2v) is 21.5. The van der Waals surface area contributed by atoms with E-state index < -0.39 is 39.6 Å². The summed E-state index contributed by atoms with van der Waals surface area (Å²) in [6.45, 7) is 1.74. The average Bonchev–Trinajstić information content (AvgIpc) is 3.38. The van der Waals surface area contributed by atoms with Gasteiger partial charge in [0.05, 0.1) is 38.7 Å². The van der Waals surface area contributed by atoms with E-state index in [1.807, 2.05) is 19.1 Å². The number of carbonyl (C=O) groups is 1. The van der Waals surface area contributed by atoms with Gasteiger partial charge >= 0.3 is 0 Å². The van der Waals surface area contributed by atoms with E-state index in [1.165, 1.54) is 30.3 Å². The number of hydrogen-bond donors (Lipinski definition) is 2. The van der Waals surface area contributed by atoms with E-state index in [0.29, 0.717) is 51.7 Å². The Kier molecular flexibility index (Phi) is 15.1. The molecule has 0 spiro atoms. The summed E-state index contributed by atoms with van der Waals surface area (Å²) >= 11 is 0.472. The van der Waals surface area contributed by atoms with E-state index >= 15 is 0 Å². The van der Waals surface area contributed by atoms with Crippen LogP contribution >= 0.6 is 12.0 Å². The number of aryl methyl sites for hydroxylation is 1. The Morgan fingerprint density at radius 1 is 0.521 bits per heavy atom. The third-order valence-corrected chi connectivity index (χ3v) is 15.9. The Bertz CT molecular complexity index is 3530. The van der Waals surface area contributed by atoms with Crippen LogP contribution in [0.1, 0.15) is 27.0 Å². The highest BCUT2D eigenvalue weighted by Crippen LogP contribution is 2.36. The summed E-state index contributed by atoms with van der Waals surface area (Å²) in [5.74, 6) is 1.47. The molecular formula is C52H40O15S4. The van der Waals surface area contributed by atoms with Gasteiger partial charge in [0.2, 0.25) is 19.7 Å². The van der Waals surface area contributed by atoms with Gasteiger partial charge in [-0.05, 0) is 158 Å². The number of benzene rings is 8. The van der Waals surface area contributed by atoms with Crippen LogP contribution in [0, 0.1) is 6.92 Å². The standard InChI is InChI=1S/C52H40O15S4/c1-34-3-24-45(25-4-34)69(55,56)46-27-22-43(23-28-46)64-42-20-11-38(12-21-42)52(53)37-9-16-41(17-10-37)63-33-39-13-26-47(31-50(39)68-67-66-54)70(57,58)48-29-30-49(51(32-48)71(59,60)61)65-44-18-7-36(8-19-44)35-5-14-40(62-2)15-6-35/h3-32,54H,33H2,1-2H3,(H,59,60,61). The quantitative estimate of drug-likeness (QED) is 0.0253. The molecule has 0 saturated heterocycles. The lowest BCUT2D eigenvalue weighted by atomic mass is 10.0. The predicted octanol–water partition coefficient (Wildman–Crippen LogP) is 11.4. The number of carbonyl (C=O) groups excluding carboxylic acids is 1. The average molecular weight is 1030 g/mol. The van der Waals surface area contributed by atoms with Crippen molar-refractivity contribution in [3.63, 3.8) is 0 Å². The van der Waals surface area contributed by atoms with Crippen LogP contribution in [0.5, 0.6) is 34.5 Å². The smallest absolute Gasteiger partial charge is 0.298 e. The first-order chi connectivity index (χ1) is 34.0. The van der Waals surface area contributed by atoms with Gasteiger partial charge in [0.25, 0.3) is 10.1 Å². The van der Waals surface area contributed by atoms with Crippen molar-refractivity contribution >= 4 is 47.6 Å². The predicted molar refractivity (Wildman–Crippen MR) is 261 cm³/mol. The molecule has 71 heavy (non-hydrogen) atoms. The first-order valence-corrected chi connectivity index (χ1v) is 26.2. The fourth-order valence-corrected chi connectivity index (χ4v) is 10.9. The Morgan fingerprint density at radius 2 is 0.972 bits per heavy atom. The molecule has 0 aliphatic rings. The molecule has 362 valence electrons. The summed E-state index contributed by atoms with van der Waals surface area (Å²) < 4.78 is 117. The van der Waals surface area contributed by atoms with E-state index in [-0.39, 0.29) is 43.5 Å². The molecule has 0 atom stereocenters. The normalized spacial score (nSPS) is 11.7. The van der Waals surface area contributed by atoms with E-state index in [9.17, 15) is 34.6 Å². The molecule has 0 heterocycles. The van der Waals surface area contributed by atoms with Crippen molar-refractivity contribution in [2.45, 2.75) is 42.9 Å². The van der Waals surface area contributed by atoms with Gasteiger partial charge in [-0.3, -0.25) is 9.35 Å². The lowest BCUT2D eigenvalue weighted by molar-refractivity contribution is -0.432. The van der Waals surface area contributed by atoms with Gasteiger partial charge in [0.1, 0.15) is 46.0 Å². The van der Waals surface area contributed by atoms with E-state index in [2.05, 4.69) is 9.37 Å². The topological polar surface area (TPSA) is 215 Å². The lowest BCUT2D eigenvalue weighted by Gasteiger charge is -2.14. The fraction of sp³-hybridized carbons (Fsp3) is 0.0577. The Balaban J connectivity index is 0.909. The van der Waals surface area contributed by atoms with Crippen LogP contribution in [-0.4, -0.2) is 48.0 Å². The maximum absolute atomic E-state index is 13.9. The van der Waals surface area contributed by atoms with E-state index in [4.69, 9.17) is 24.2 Å². The molecule has 0 bridgehead atoms. The highest BCUT2D eigenvalue weighted by molar-refractivity contribution is 7.94. The summed E-state index contributed by atoms with van der Waals surface area (Å²) in [4.78, 5) is 12.2. The van der Waals surface area contributed by atoms with Crippen molar-refractivity contribution < 1.29 is 68.2 Å². The first-order valence-electron chi connectivity index (χ1n) is 21.1.